The van der Waals surface area contributed by atoms with E-state index in [0.717, 1.165) is 48.4 Å². The van der Waals surface area contributed by atoms with Gasteiger partial charge in [0.2, 0.25) is 5.91 Å². The number of rotatable bonds is 4. The molecule has 6 heteroatoms. The van der Waals surface area contributed by atoms with Crippen molar-refractivity contribution in [1.29, 1.82) is 0 Å². The minimum absolute atomic E-state index is 0.0334. The average Bonchev–Trinajstić information content (AvgIpc) is 3.36. The summed E-state index contributed by atoms with van der Waals surface area (Å²) in [5, 5.41) is 4.13. The molecule has 1 atom stereocenters. The van der Waals surface area contributed by atoms with Crippen LogP contribution >= 0.6 is 0 Å². The highest BCUT2D eigenvalue weighted by molar-refractivity contribution is 5.92. The SMILES string of the molecule is CCn1c([C@@H]2CCCN2C(=O)/C=C/c2cnn(C)c2)nc2ccccc21. The minimum atomic E-state index is 0.0334. The fourth-order valence-corrected chi connectivity index (χ4v) is 3.77. The number of benzene rings is 1. The van der Waals surface area contributed by atoms with Gasteiger partial charge in [0.25, 0.3) is 0 Å². The highest BCUT2D eigenvalue weighted by atomic mass is 16.2. The number of amides is 1. The van der Waals surface area contributed by atoms with Crippen LogP contribution in [-0.2, 0) is 18.4 Å². The van der Waals surface area contributed by atoms with E-state index < -0.39 is 0 Å². The lowest BCUT2D eigenvalue weighted by Crippen LogP contribution is -2.30. The van der Waals surface area contributed by atoms with Crippen LogP contribution in [0.2, 0.25) is 0 Å². The molecule has 1 saturated heterocycles. The van der Waals surface area contributed by atoms with Crippen LogP contribution in [0.3, 0.4) is 0 Å². The van der Waals surface area contributed by atoms with E-state index in [1.54, 1.807) is 17.0 Å². The summed E-state index contributed by atoms with van der Waals surface area (Å²) in [4.78, 5) is 19.6. The van der Waals surface area contributed by atoms with E-state index in [1.165, 1.54) is 0 Å². The standard InChI is InChI=1S/C20H23N5O/c1-3-24-17-8-5-4-7-16(17)22-20(24)18-9-6-12-25(18)19(26)11-10-15-13-21-23(2)14-15/h4-5,7-8,10-11,13-14,18H,3,6,9,12H2,1-2H3/b11-10+/t18-/m0/s1. The summed E-state index contributed by atoms with van der Waals surface area (Å²) in [5.41, 5.74) is 3.06. The molecule has 26 heavy (non-hydrogen) atoms. The van der Waals surface area contributed by atoms with Gasteiger partial charge in [-0.1, -0.05) is 12.1 Å². The second-order valence-electron chi connectivity index (χ2n) is 6.67. The summed E-state index contributed by atoms with van der Waals surface area (Å²) >= 11 is 0. The topological polar surface area (TPSA) is 56.0 Å². The first-order valence-corrected chi connectivity index (χ1v) is 9.10. The lowest BCUT2D eigenvalue weighted by molar-refractivity contribution is -0.127. The van der Waals surface area contributed by atoms with E-state index in [0.29, 0.717) is 0 Å². The van der Waals surface area contributed by atoms with E-state index in [-0.39, 0.29) is 11.9 Å². The third-order valence-electron chi connectivity index (χ3n) is 4.98. The Morgan fingerprint density at radius 3 is 2.96 bits per heavy atom. The molecule has 3 heterocycles. The van der Waals surface area contributed by atoms with Gasteiger partial charge in [0, 0.05) is 38.0 Å². The second-order valence-corrected chi connectivity index (χ2v) is 6.67. The summed E-state index contributed by atoms with van der Waals surface area (Å²) in [6.45, 7) is 3.74. The maximum Gasteiger partial charge on any atom is 0.247 e. The van der Waals surface area contributed by atoms with Gasteiger partial charge in [-0.05, 0) is 38.0 Å². The van der Waals surface area contributed by atoms with Gasteiger partial charge in [-0.3, -0.25) is 9.48 Å². The number of hydrogen-bond acceptors (Lipinski definition) is 3. The first kappa shape index (κ1) is 16.6. The summed E-state index contributed by atoms with van der Waals surface area (Å²) in [7, 11) is 1.87. The summed E-state index contributed by atoms with van der Waals surface area (Å²) in [6.07, 6.45) is 9.07. The largest absolute Gasteiger partial charge is 0.329 e. The Hall–Kier alpha value is -2.89. The molecule has 0 unspecified atom stereocenters. The predicted octanol–water partition coefficient (Wildman–Crippen LogP) is 3.17. The van der Waals surface area contributed by atoms with Gasteiger partial charge >= 0.3 is 0 Å². The van der Waals surface area contributed by atoms with Crippen molar-refractivity contribution < 1.29 is 4.79 Å². The molecule has 0 radical (unpaired) electrons. The number of para-hydroxylation sites is 2. The molecule has 1 aliphatic rings. The van der Waals surface area contributed by atoms with Crippen molar-refractivity contribution >= 4 is 23.0 Å². The Labute approximate surface area is 152 Å². The van der Waals surface area contributed by atoms with Crippen LogP contribution in [-0.4, -0.2) is 36.7 Å². The number of nitrogens with zero attached hydrogens (tertiary/aromatic N) is 5. The van der Waals surface area contributed by atoms with Crippen LogP contribution in [0.4, 0.5) is 0 Å². The Bertz CT molecular complexity index is 968. The van der Waals surface area contributed by atoms with E-state index in [1.807, 2.05) is 42.4 Å². The molecule has 1 aliphatic heterocycles. The highest BCUT2D eigenvalue weighted by Gasteiger charge is 2.32. The van der Waals surface area contributed by atoms with Crippen molar-refractivity contribution in [1.82, 2.24) is 24.2 Å². The number of aromatic nitrogens is 4. The van der Waals surface area contributed by atoms with Crippen LogP contribution < -0.4 is 0 Å². The molecule has 1 fully saturated rings. The smallest absolute Gasteiger partial charge is 0.247 e. The summed E-state index contributed by atoms with van der Waals surface area (Å²) < 4.78 is 3.96. The molecule has 1 aromatic carbocycles. The predicted molar refractivity (Wildman–Crippen MR) is 101 cm³/mol. The van der Waals surface area contributed by atoms with E-state index >= 15 is 0 Å². The van der Waals surface area contributed by atoms with Crippen LogP contribution in [0.25, 0.3) is 17.1 Å². The van der Waals surface area contributed by atoms with E-state index in [4.69, 9.17) is 4.98 Å². The maximum atomic E-state index is 12.8. The molecule has 4 rings (SSSR count). The molecular weight excluding hydrogens is 326 g/mol. The third kappa shape index (κ3) is 2.92. The maximum absolute atomic E-state index is 12.8. The Kier molecular flexibility index (Phi) is 4.32. The van der Waals surface area contributed by atoms with E-state index in [2.05, 4.69) is 22.7 Å². The first-order chi connectivity index (χ1) is 12.7. The zero-order chi connectivity index (χ0) is 18.1. The molecule has 0 spiro atoms. The first-order valence-electron chi connectivity index (χ1n) is 9.10. The number of hydrogen-bond donors (Lipinski definition) is 0. The van der Waals surface area contributed by atoms with Crippen molar-refractivity contribution in [2.45, 2.75) is 32.4 Å². The quantitative estimate of drug-likeness (QED) is 0.680. The molecule has 0 aliphatic carbocycles. The van der Waals surface area contributed by atoms with Crippen LogP contribution in [0.1, 0.15) is 37.2 Å². The average molecular weight is 349 g/mol. The van der Waals surface area contributed by atoms with Crippen molar-refractivity contribution in [3.8, 4) is 0 Å². The van der Waals surface area contributed by atoms with Gasteiger partial charge in [0.15, 0.2) is 0 Å². The fraction of sp³-hybridized carbons (Fsp3) is 0.350. The number of fused-ring (bicyclic) bond motifs is 1. The van der Waals surface area contributed by atoms with E-state index in [9.17, 15) is 4.79 Å². The van der Waals surface area contributed by atoms with Crippen LogP contribution in [0, 0.1) is 0 Å². The molecule has 134 valence electrons. The zero-order valence-electron chi connectivity index (χ0n) is 15.2. The Morgan fingerprint density at radius 2 is 2.19 bits per heavy atom. The number of carbonyl (C=O) groups excluding carboxylic acids is 1. The number of aryl methyl sites for hydroxylation is 2. The minimum Gasteiger partial charge on any atom is -0.329 e. The van der Waals surface area contributed by atoms with Gasteiger partial charge in [-0.15, -0.1) is 0 Å². The van der Waals surface area contributed by atoms with Crippen LogP contribution in [0.15, 0.2) is 42.7 Å². The van der Waals surface area contributed by atoms with Gasteiger partial charge in [0.05, 0.1) is 23.3 Å². The van der Waals surface area contributed by atoms with Crippen molar-refractivity contribution in [3.05, 3.63) is 54.1 Å². The molecule has 3 aromatic rings. The lowest BCUT2D eigenvalue weighted by atomic mass is 10.2. The molecule has 2 aromatic heterocycles. The Morgan fingerprint density at radius 1 is 1.35 bits per heavy atom. The normalized spacial score (nSPS) is 17.6. The van der Waals surface area contributed by atoms with Crippen LogP contribution in [0.5, 0.6) is 0 Å². The van der Waals surface area contributed by atoms with Gasteiger partial charge in [-0.2, -0.15) is 5.10 Å². The van der Waals surface area contributed by atoms with Gasteiger partial charge in [0.1, 0.15) is 5.82 Å². The molecule has 0 N–H and O–H groups in total. The molecule has 6 nitrogen and oxygen atoms in total. The zero-order valence-corrected chi connectivity index (χ0v) is 15.2. The fourth-order valence-electron chi connectivity index (χ4n) is 3.77. The Balaban J connectivity index is 1.62. The summed E-state index contributed by atoms with van der Waals surface area (Å²) in [5.74, 6) is 1.03. The van der Waals surface area contributed by atoms with Gasteiger partial charge in [-0.25, -0.2) is 4.98 Å². The number of carbonyl (C=O) groups is 1. The highest BCUT2D eigenvalue weighted by Crippen LogP contribution is 2.33. The molecule has 1 amide bonds. The number of likely N-dealkylation sites (tertiary alicyclic amines) is 1. The second kappa shape index (κ2) is 6.78. The van der Waals surface area contributed by atoms with Gasteiger partial charge < -0.3 is 9.47 Å². The summed E-state index contributed by atoms with van der Waals surface area (Å²) in [6, 6.07) is 8.21. The number of imidazole rings is 1. The van der Waals surface area contributed by atoms with Crippen molar-refractivity contribution in [2.75, 3.05) is 6.54 Å². The molecular formula is C20H23N5O. The lowest BCUT2D eigenvalue weighted by Gasteiger charge is -2.23. The molecule has 0 saturated carbocycles. The third-order valence-corrected chi connectivity index (χ3v) is 4.98. The van der Waals surface area contributed by atoms with Crippen molar-refractivity contribution in [3.63, 3.8) is 0 Å². The van der Waals surface area contributed by atoms with Crippen molar-refractivity contribution in [2.24, 2.45) is 7.05 Å². The molecule has 0 bridgehead atoms. The monoisotopic (exact) mass is 349 g/mol.